The van der Waals surface area contributed by atoms with Crippen molar-refractivity contribution in [2.45, 2.75) is 298 Å². The van der Waals surface area contributed by atoms with Gasteiger partial charge in [0.05, 0.1) is 26.4 Å². The van der Waals surface area contributed by atoms with Gasteiger partial charge in [-0.25, -0.2) is 9.13 Å². The van der Waals surface area contributed by atoms with Crippen molar-refractivity contribution < 1.29 is 80.2 Å². The summed E-state index contributed by atoms with van der Waals surface area (Å²) in [4.78, 5) is 71.9. The number of aliphatic hydroxyl groups excluding tert-OH is 1. The lowest BCUT2D eigenvalue weighted by atomic mass is 10.00. The van der Waals surface area contributed by atoms with Gasteiger partial charge in [-0.15, -0.1) is 0 Å². The van der Waals surface area contributed by atoms with Gasteiger partial charge in [0.2, 0.25) is 0 Å². The maximum absolute atomic E-state index is 12.9. The summed E-state index contributed by atoms with van der Waals surface area (Å²) >= 11 is 0. The molecule has 0 saturated carbocycles. The average molecular weight is 1170 g/mol. The quantitative estimate of drug-likeness (QED) is 0.0222. The van der Waals surface area contributed by atoms with E-state index in [1.807, 2.05) is 0 Å². The van der Waals surface area contributed by atoms with Crippen molar-refractivity contribution in [3.8, 4) is 0 Å². The van der Waals surface area contributed by atoms with E-state index in [1.54, 1.807) is 0 Å². The van der Waals surface area contributed by atoms with Crippen LogP contribution >= 0.6 is 15.6 Å². The Kier molecular flexibility index (Phi) is 49.3. The smallest absolute Gasteiger partial charge is 0.462 e. The standard InChI is InChI=1S/C60H116O17P2/c1-9-52(7)38-30-22-15-18-24-32-40-57(62)70-46-55(76-59(64)42-34-26-13-11-12-20-28-36-50(3)4)48-74-78(66,67)72-44-54(61)45-73-79(68,69)75-49-56(77-60(65)43-35-27-17-14-21-29-37-51(5)6)47-71-58(63)41-33-25-19-16-23-31-39-53(8)10-2/h50-56,61H,9-49H2,1-8H3,(H,66,67)(H,68,69)/t52?,53?,54-,55-,56-/m1/s1. The van der Waals surface area contributed by atoms with Gasteiger partial charge < -0.3 is 33.8 Å². The third-order valence-electron chi connectivity index (χ3n) is 14.3. The van der Waals surface area contributed by atoms with Crippen LogP contribution in [0.1, 0.15) is 280 Å². The molecule has 0 heterocycles. The SMILES string of the molecule is CCC(C)CCCCCCCCC(=O)OC[C@H](COP(=O)(O)OC[C@@H](O)COP(=O)(O)OC[C@@H](COC(=O)CCCCCCCCC(C)CC)OC(=O)CCCCCCCCC(C)C)OC(=O)CCCCCCCCCC(C)C. The van der Waals surface area contributed by atoms with E-state index in [1.165, 1.54) is 70.6 Å². The Morgan fingerprint density at radius 3 is 0.899 bits per heavy atom. The number of ether oxygens (including phenoxy) is 4. The number of esters is 4. The van der Waals surface area contributed by atoms with Crippen molar-refractivity contribution in [2.75, 3.05) is 39.6 Å². The van der Waals surface area contributed by atoms with Crippen LogP contribution in [-0.4, -0.2) is 96.7 Å². The van der Waals surface area contributed by atoms with Gasteiger partial charge >= 0.3 is 39.5 Å². The summed E-state index contributed by atoms with van der Waals surface area (Å²) in [5, 5.41) is 10.5. The summed E-state index contributed by atoms with van der Waals surface area (Å²) in [5.41, 5.74) is 0. The number of carbonyl (C=O) groups excluding carboxylic acids is 4. The first kappa shape index (κ1) is 77.1. The predicted molar refractivity (Wildman–Crippen MR) is 312 cm³/mol. The summed E-state index contributed by atoms with van der Waals surface area (Å²) in [6.45, 7) is 13.8. The van der Waals surface area contributed by atoms with Crippen LogP contribution in [0, 0.1) is 23.7 Å². The molecule has 0 aromatic rings. The fraction of sp³-hybridized carbons (Fsp3) is 0.933. The van der Waals surface area contributed by atoms with E-state index in [0.717, 1.165) is 115 Å². The van der Waals surface area contributed by atoms with Gasteiger partial charge in [-0.05, 0) is 49.4 Å². The number of hydrogen-bond acceptors (Lipinski definition) is 15. The van der Waals surface area contributed by atoms with Gasteiger partial charge in [0.1, 0.15) is 19.3 Å². The third-order valence-corrected chi connectivity index (χ3v) is 16.2. The highest BCUT2D eigenvalue weighted by Gasteiger charge is 2.30. The zero-order valence-electron chi connectivity index (χ0n) is 51.0. The summed E-state index contributed by atoms with van der Waals surface area (Å²) in [6, 6.07) is 0. The van der Waals surface area contributed by atoms with E-state index in [-0.39, 0.29) is 25.7 Å². The lowest BCUT2D eigenvalue weighted by molar-refractivity contribution is -0.161. The van der Waals surface area contributed by atoms with E-state index < -0.39 is 97.5 Å². The molecule has 0 spiro atoms. The van der Waals surface area contributed by atoms with E-state index in [4.69, 9.17) is 37.0 Å². The molecular formula is C60H116O17P2. The van der Waals surface area contributed by atoms with Gasteiger partial charge in [0.15, 0.2) is 12.2 Å². The number of phosphoric ester groups is 2. The molecule has 0 aliphatic rings. The van der Waals surface area contributed by atoms with Crippen molar-refractivity contribution in [1.82, 2.24) is 0 Å². The Bertz CT molecular complexity index is 1600. The molecule has 468 valence electrons. The second kappa shape index (κ2) is 50.6. The maximum atomic E-state index is 12.9. The second-order valence-electron chi connectivity index (χ2n) is 23.2. The molecule has 0 radical (unpaired) electrons. The molecule has 0 aromatic heterocycles. The Hall–Kier alpha value is -1.94. The first-order chi connectivity index (χ1) is 37.7. The van der Waals surface area contributed by atoms with Crippen molar-refractivity contribution >= 4 is 39.5 Å². The largest absolute Gasteiger partial charge is 0.472 e. The minimum atomic E-state index is -4.94. The average Bonchev–Trinajstić information content (AvgIpc) is 3.40. The molecule has 0 bridgehead atoms. The van der Waals surface area contributed by atoms with Gasteiger partial charge in [0, 0.05) is 25.7 Å². The predicted octanol–water partition coefficient (Wildman–Crippen LogP) is 15.8. The molecule has 0 aliphatic carbocycles. The summed E-state index contributed by atoms with van der Waals surface area (Å²) < 4.78 is 67.7. The lowest BCUT2D eigenvalue weighted by Crippen LogP contribution is -2.30. The molecule has 0 amide bonds. The molecule has 3 N–H and O–H groups in total. The van der Waals surface area contributed by atoms with Crippen LogP contribution in [-0.2, 0) is 65.4 Å². The summed E-state index contributed by atoms with van der Waals surface area (Å²) in [6.07, 6.45) is 28.3. The maximum Gasteiger partial charge on any atom is 0.472 e. The van der Waals surface area contributed by atoms with E-state index in [2.05, 4.69) is 55.4 Å². The van der Waals surface area contributed by atoms with Crippen LogP contribution in [0.5, 0.6) is 0 Å². The zero-order chi connectivity index (χ0) is 59.0. The lowest BCUT2D eigenvalue weighted by Gasteiger charge is -2.21. The summed E-state index contributed by atoms with van der Waals surface area (Å²) in [7, 11) is -9.88. The van der Waals surface area contributed by atoms with Crippen molar-refractivity contribution in [2.24, 2.45) is 23.7 Å². The van der Waals surface area contributed by atoms with E-state index in [0.29, 0.717) is 37.5 Å². The normalized spacial score (nSPS) is 15.3. The minimum Gasteiger partial charge on any atom is -0.462 e. The number of unbranched alkanes of at least 4 members (excludes halogenated alkanes) is 21. The van der Waals surface area contributed by atoms with Crippen LogP contribution in [0.25, 0.3) is 0 Å². The van der Waals surface area contributed by atoms with Crippen LogP contribution in [0.2, 0.25) is 0 Å². The third kappa shape index (κ3) is 52.6. The molecule has 4 unspecified atom stereocenters. The van der Waals surface area contributed by atoms with Crippen LogP contribution in [0.15, 0.2) is 0 Å². The Labute approximate surface area is 479 Å². The number of phosphoric acid groups is 2. The molecule has 0 saturated heterocycles. The second-order valence-corrected chi connectivity index (χ2v) is 26.1. The van der Waals surface area contributed by atoms with Crippen molar-refractivity contribution in [3.05, 3.63) is 0 Å². The molecular weight excluding hydrogens is 1050 g/mol. The highest BCUT2D eigenvalue weighted by molar-refractivity contribution is 7.47. The molecule has 79 heavy (non-hydrogen) atoms. The Morgan fingerprint density at radius 1 is 0.354 bits per heavy atom. The fourth-order valence-electron chi connectivity index (χ4n) is 8.66. The number of hydrogen-bond donors (Lipinski definition) is 3. The monoisotopic (exact) mass is 1170 g/mol. The van der Waals surface area contributed by atoms with Crippen molar-refractivity contribution in [1.29, 1.82) is 0 Å². The van der Waals surface area contributed by atoms with Gasteiger partial charge in [0.25, 0.3) is 0 Å². The fourth-order valence-corrected chi connectivity index (χ4v) is 10.2. The van der Waals surface area contributed by atoms with Crippen molar-refractivity contribution in [3.63, 3.8) is 0 Å². The van der Waals surface area contributed by atoms with Gasteiger partial charge in [-0.1, -0.05) is 229 Å². The Morgan fingerprint density at radius 2 is 0.608 bits per heavy atom. The molecule has 19 heteroatoms. The highest BCUT2D eigenvalue weighted by atomic mass is 31.2. The topological polar surface area (TPSA) is 237 Å². The number of rotatable bonds is 57. The molecule has 0 fully saturated rings. The van der Waals surface area contributed by atoms with E-state index >= 15 is 0 Å². The molecule has 17 nitrogen and oxygen atoms in total. The zero-order valence-corrected chi connectivity index (χ0v) is 52.8. The number of aliphatic hydroxyl groups is 1. The Balaban J connectivity index is 5.26. The van der Waals surface area contributed by atoms with Crippen LogP contribution < -0.4 is 0 Å². The van der Waals surface area contributed by atoms with Gasteiger partial charge in [-0.3, -0.25) is 37.3 Å². The van der Waals surface area contributed by atoms with Gasteiger partial charge in [-0.2, -0.15) is 0 Å². The highest BCUT2D eigenvalue weighted by Crippen LogP contribution is 2.45. The molecule has 0 aromatic carbocycles. The molecule has 0 rings (SSSR count). The molecule has 7 atom stereocenters. The first-order valence-electron chi connectivity index (χ1n) is 31.3. The summed E-state index contributed by atoms with van der Waals surface area (Å²) in [5.74, 6) is 0.675. The molecule has 0 aliphatic heterocycles. The first-order valence-corrected chi connectivity index (χ1v) is 34.3. The van der Waals surface area contributed by atoms with Crippen LogP contribution in [0.3, 0.4) is 0 Å². The minimum absolute atomic E-state index is 0.100. The van der Waals surface area contributed by atoms with Crippen LogP contribution in [0.4, 0.5) is 0 Å². The number of carbonyl (C=O) groups is 4. The van der Waals surface area contributed by atoms with E-state index in [9.17, 15) is 43.2 Å².